The molecule has 0 saturated carbocycles. The number of fused-ring (bicyclic) bond motifs is 1. The van der Waals surface area contributed by atoms with Crippen molar-refractivity contribution in [3.8, 4) is 5.75 Å². The van der Waals surface area contributed by atoms with Crippen molar-refractivity contribution >= 4 is 11.6 Å². The van der Waals surface area contributed by atoms with E-state index in [2.05, 4.69) is 0 Å². The Labute approximate surface area is 88.5 Å². The molecule has 3 heteroatoms. The van der Waals surface area contributed by atoms with Crippen LogP contribution in [0.4, 0.5) is 0 Å². The maximum atomic E-state index is 9.25. The van der Waals surface area contributed by atoms with Crippen molar-refractivity contribution in [2.45, 2.75) is 32.0 Å². The molecule has 2 rings (SSSR count). The Bertz CT molecular complexity index is 336. The summed E-state index contributed by atoms with van der Waals surface area (Å²) in [5.74, 6) is 0.864. The Hall–Kier alpha value is -0.730. The molecule has 0 aromatic heterocycles. The second-order valence-electron chi connectivity index (χ2n) is 3.75. The first-order valence-corrected chi connectivity index (χ1v) is 5.16. The molecule has 0 amide bonds. The van der Waals surface area contributed by atoms with Crippen molar-refractivity contribution < 1.29 is 9.84 Å². The number of aliphatic hydroxyl groups is 1. The first kappa shape index (κ1) is 9.81. The molecule has 1 aliphatic heterocycles. The molecule has 0 spiro atoms. The maximum Gasteiger partial charge on any atom is 0.124 e. The third-order valence-corrected chi connectivity index (χ3v) is 2.76. The van der Waals surface area contributed by atoms with E-state index in [1.165, 1.54) is 0 Å². The zero-order valence-corrected chi connectivity index (χ0v) is 8.79. The lowest BCUT2D eigenvalue weighted by atomic mass is 10.1. The van der Waals surface area contributed by atoms with Gasteiger partial charge in [-0.1, -0.05) is 17.7 Å². The van der Waals surface area contributed by atoms with Crippen LogP contribution in [0.15, 0.2) is 18.2 Å². The molecule has 0 radical (unpaired) electrons. The van der Waals surface area contributed by atoms with Crippen molar-refractivity contribution in [3.63, 3.8) is 0 Å². The van der Waals surface area contributed by atoms with E-state index in [9.17, 15) is 5.11 Å². The molecule has 1 aliphatic rings. The molecule has 2 nitrogen and oxygen atoms in total. The minimum Gasteiger partial charge on any atom is -0.490 e. The summed E-state index contributed by atoms with van der Waals surface area (Å²) >= 11 is 6.03. The standard InChI is InChI=1S/C11H13ClO2/c1-7(13)5-8-6-9-10(12)3-2-4-11(9)14-8/h2-4,7-8,13H,5-6H2,1H3. The van der Waals surface area contributed by atoms with Crippen LogP contribution in [-0.4, -0.2) is 17.3 Å². The van der Waals surface area contributed by atoms with Gasteiger partial charge < -0.3 is 9.84 Å². The molecule has 2 unspecified atom stereocenters. The third-order valence-electron chi connectivity index (χ3n) is 2.41. The number of rotatable bonds is 2. The minimum absolute atomic E-state index is 0.0740. The van der Waals surface area contributed by atoms with E-state index in [-0.39, 0.29) is 12.2 Å². The molecule has 0 aliphatic carbocycles. The first-order chi connectivity index (χ1) is 6.66. The predicted octanol–water partition coefficient (Wildman–Crippen LogP) is 2.41. The quantitative estimate of drug-likeness (QED) is 0.816. The van der Waals surface area contributed by atoms with E-state index in [0.717, 1.165) is 22.8 Å². The van der Waals surface area contributed by atoms with Gasteiger partial charge in [0.2, 0.25) is 0 Å². The lowest BCUT2D eigenvalue weighted by Crippen LogP contribution is -2.19. The second kappa shape index (κ2) is 3.79. The smallest absolute Gasteiger partial charge is 0.124 e. The average Bonchev–Trinajstić information content (AvgIpc) is 2.47. The van der Waals surface area contributed by atoms with Crippen LogP contribution in [-0.2, 0) is 6.42 Å². The molecule has 0 bridgehead atoms. The van der Waals surface area contributed by atoms with E-state index in [4.69, 9.17) is 16.3 Å². The van der Waals surface area contributed by atoms with Crippen molar-refractivity contribution in [3.05, 3.63) is 28.8 Å². The molecular weight excluding hydrogens is 200 g/mol. The average molecular weight is 213 g/mol. The first-order valence-electron chi connectivity index (χ1n) is 4.79. The Kier molecular flexibility index (Phi) is 2.66. The third kappa shape index (κ3) is 1.86. The summed E-state index contributed by atoms with van der Waals surface area (Å²) in [6.07, 6.45) is 1.21. The van der Waals surface area contributed by atoms with Gasteiger partial charge in [0, 0.05) is 23.4 Å². The summed E-state index contributed by atoms with van der Waals surface area (Å²) in [5.41, 5.74) is 1.07. The van der Waals surface area contributed by atoms with Gasteiger partial charge >= 0.3 is 0 Å². The topological polar surface area (TPSA) is 29.5 Å². The number of benzene rings is 1. The van der Waals surface area contributed by atoms with E-state index >= 15 is 0 Å². The van der Waals surface area contributed by atoms with Gasteiger partial charge in [0.05, 0.1) is 6.10 Å². The van der Waals surface area contributed by atoms with Crippen LogP contribution < -0.4 is 4.74 Å². The van der Waals surface area contributed by atoms with Crippen LogP contribution in [0.1, 0.15) is 18.9 Å². The number of hydrogen-bond donors (Lipinski definition) is 1. The number of ether oxygens (including phenoxy) is 1. The molecule has 2 atom stereocenters. The largest absolute Gasteiger partial charge is 0.490 e. The Balaban J connectivity index is 2.14. The summed E-state index contributed by atoms with van der Waals surface area (Å²) in [6.45, 7) is 1.77. The van der Waals surface area contributed by atoms with Gasteiger partial charge in [-0.15, -0.1) is 0 Å². The summed E-state index contributed by atoms with van der Waals surface area (Å²) in [7, 11) is 0. The molecule has 0 saturated heterocycles. The van der Waals surface area contributed by atoms with Crippen LogP contribution in [0.2, 0.25) is 5.02 Å². The summed E-state index contributed by atoms with van der Waals surface area (Å²) in [6, 6.07) is 5.67. The molecule has 76 valence electrons. The number of aliphatic hydroxyl groups excluding tert-OH is 1. The van der Waals surface area contributed by atoms with Gasteiger partial charge in [0.15, 0.2) is 0 Å². The van der Waals surface area contributed by atoms with Gasteiger partial charge in [-0.2, -0.15) is 0 Å². The maximum absolute atomic E-state index is 9.25. The van der Waals surface area contributed by atoms with Crippen molar-refractivity contribution in [2.75, 3.05) is 0 Å². The van der Waals surface area contributed by atoms with Gasteiger partial charge in [-0.25, -0.2) is 0 Å². The zero-order valence-electron chi connectivity index (χ0n) is 8.03. The highest BCUT2D eigenvalue weighted by Crippen LogP contribution is 2.35. The predicted molar refractivity (Wildman–Crippen MR) is 55.9 cm³/mol. The number of halogens is 1. The van der Waals surface area contributed by atoms with Gasteiger partial charge in [-0.05, 0) is 19.1 Å². The molecule has 1 heterocycles. The number of hydrogen-bond acceptors (Lipinski definition) is 2. The van der Waals surface area contributed by atoms with Crippen LogP contribution in [0, 0.1) is 0 Å². The lowest BCUT2D eigenvalue weighted by Gasteiger charge is -2.11. The SMILES string of the molecule is CC(O)CC1Cc2c(Cl)cccc2O1. The van der Waals surface area contributed by atoms with E-state index in [1.54, 1.807) is 6.92 Å². The fraction of sp³-hybridized carbons (Fsp3) is 0.455. The summed E-state index contributed by atoms with van der Waals surface area (Å²) in [5, 5.41) is 10.0. The van der Waals surface area contributed by atoms with Gasteiger partial charge in [0.25, 0.3) is 0 Å². The van der Waals surface area contributed by atoms with E-state index in [1.807, 2.05) is 18.2 Å². The summed E-state index contributed by atoms with van der Waals surface area (Å²) < 4.78 is 5.65. The zero-order chi connectivity index (χ0) is 10.1. The van der Waals surface area contributed by atoms with E-state index < -0.39 is 0 Å². The highest BCUT2D eigenvalue weighted by atomic mass is 35.5. The van der Waals surface area contributed by atoms with Gasteiger partial charge in [-0.3, -0.25) is 0 Å². The fourth-order valence-electron chi connectivity index (χ4n) is 1.81. The van der Waals surface area contributed by atoms with Crippen LogP contribution in [0.3, 0.4) is 0 Å². The highest BCUT2D eigenvalue weighted by Gasteiger charge is 2.25. The van der Waals surface area contributed by atoms with Crippen LogP contribution in [0.25, 0.3) is 0 Å². The Morgan fingerprint density at radius 1 is 1.64 bits per heavy atom. The molecule has 1 aromatic carbocycles. The van der Waals surface area contributed by atoms with Crippen molar-refractivity contribution in [1.29, 1.82) is 0 Å². The summed E-state index contributed by atoms with van der Waals surface area (Å²) in [4.78, 5) is 0. The van der Waals surface area contributed by atoms with Crippen molar-refractivity contribution in [1.82, 2.24) is 0 Å². The molecule has 1 aromatic rings. The Morgan fingerprint density at radius 3 is 3.07 bits per heavy atom. The molecule has 0 fully saturated rings. The van der Waals surface area contributed by atoms with Crippen LogP contribution >= 0.6 is 11.6 Å². The van der Waals surface area contributed by atoms with E-state index in [0.29, 0.717) is 6.42 Å². The van der Waals surface area contributed by atoms with Crippen molar-refractivity contribution in [2.24, 2.45) is 0 Å². The normalized spacial score (nSPS) is 21.5. The molecular formula is C11H13ClO2. The van der Waals surface area contributed by atoms with Crippen LogP contribution in [0.5, 0.6) is 5.75 Å². The highest BCUT2D eigenvalue weighted by molar-refractivity contribution is 6.31. The molecule has 14 heavy (non-hydrogen) atoms. The second-order valence-corrected chi connectivity index (χ2v) is 4.15. The minimum atomic E-state index is -0.326. The Morgan fingerprint density at radius 2 is 2.43 bits per heavy atom. The fourth-order valence-corrected chi connectivity index (χ4v) is 2.05. The lowest BCUT2D eigenvalue weighted by molar-refractivity contribution is 0.118. The monoisotopic (exact) mass is 212 g/mol. The molecule has 1 N–H and O–H groups in total. The van der Waals surface area contributed by atoms with Gasteiger partial charge in [0.1, 0.15) is 11.9 Å².